The van der Waals surface area contributed by atoms with Gasteiger partial charge in [-0.15, -0.1) is 0 Å². The van der Waals surface area contributed by atoms with Gasteiger partial charge in [-0.05, 0) is 11.1 Å². The monoisotopic (exact) mass is 302 g/mol. The number of aliphatic carboxylic acids is 1. The summed E-state index contributed by atoms with van der Waals surface area (Å²) in [6.07, 6.45) is -4.47. The van der Waals surface area contributed by atoms with Crippen molar-refractivity contribution >= 4 is 12.0 Å². The smallest absolute Gasteiger partial charge is 0.405 e. The molecule has 5 nitrogen and oxygen atoms in total. The number of rotatable bonds is 2. The van der Waals surface area contributed by atoms with Gasteiger partial charge in [-0.3, -0.25) is 0 Å². The van der Waals surface area contributed by atoms with Crippen LogP contribution in [0.3, 0.4) is 0 Å². The average molecular weight is 302 g/mol. The van der Waals surface area contributed by atoms with E-state index in [2.05, 4.69) is 0 Å². The fourth-order valence-corrected chi connectivity index (χ4v) is 2.23. The van der Waals surface area contributed by atoms with Gasteiger partial charge in [0.1, 0.15) is 12.6 Å². The van der Waals surface area contributed by atoms with Crippen LogP contribution in [0.25, 0.3) is 0 Å². The second-order valence-electron chi connectivity index (χ2n) is 4.73. The first-order valence-corrected chi connectivity index (χ1v) is 6.19. The molecule has 0 bridgehead atoms. The Morgan fingerprint density at radius 3 is 2.48 bits per heavy atom. The molecular weight excluding hydrogens is 289 g/mol. The Labute approximate surface area is 118 Å². The third-order valence-corrected chi connectivity index (χ3v) is 3.23. The lowest BCUT2D eigenvalue weighted by atomic mass is 9.94. The molecule has 2 N–H and O–H groups in total. The van der Waals surface area contributed by atoms with Gasteiger partial charge in [-0.25, -0.2) is 9.59 Å². The molecule has 0 saturated heterocycles. The van der Waals surface area contributed by atoms with Gasteiger partial charge in [0, 0.05) is 13.0 Å². The fraction of sp³-hybridized carbons (Fsp3) is 0.385. The SMILES string of the molecule is O=C(O)C1Cc2ccccc2CN1C(=O)NCC(F)(F)F. The molecule has 8 heteroatoms. The summed E-state index contributed by atoms with van der Waals surface area (Å²) in [4.78, 5) is 24.0. The van der Waals surface area contributed by atoms with E-state index in [0.29, 0.717) is 0 Å². The van der Waals surface area contributed by atoms with E-state index in [9.17, 15) is 22.8 Å². The number of carbonyl (C=O) groups excluding carboxylic acids is 1. The van der Waals surface area contributed by atoms with Crippen LogP contribution in [-0.2, 0) is 17.8 Å². The number of halogens is 3. The zero-order valence-electron chi connectivity index (χ0n) is 10.9. The summed E-state index contributed by atoms with van der Waals surface area (Å²) in [5.41, 5.74) is 1.52. The van der Waals surface area contributed by atoms with Crippen LogP contribution in [-0.4, -0.2) is 40.8 Å². The molecule has 1 aromatic carbocycles. The lowest BCUT2D eigenvalue weighted by Gasteiger charge is -2.34. The zero-order chi connectivity index (χ0) is 15.6. The number of fused-ring (bicyclic) bond motifs is 1. The number of benzene rings is 1. The van der Waals surface area contributed by atoms with Gasteiger partial charge >= 0.3 is 18.2 Å². The highest BCUT2D eigenvalue weighted by atomic mass is 19.4. The summed E-state index contributed by atoms with van der Waals surface area (Å²) >= 11 is 0. The minimum atomic E-state index is -4.54. The van der Waals surface area contributed by atoms with Crippen molar-refractivity contribution in [1.82, 2.24) is 10.2 Å². The Bertz CT molecular complexity index is 560. The lowest BCUT2D eigenvalue weighted by molar-refractivity contribution is -0.142. The largest absolute Gasteiger partial charge is 0.480 e. The Morgan fingerprint density at radius 2 is 1.90 bits per heavy atom. The zero-order valence-corrected chi connectivity index (χ0v) is 10.9. The highest BCUT2D eigenvalue weighted by Crippen LogP contribution is 2.23. The van der Waals surface area contributed by atoms with E-state index in [0.717, 1.165) is 16.0 Å². The fourth-order valence-electron chi connectivity index (χ4n) is 2.23. The van der Waals surface area contributed by atoms with Crippen molar-refractivity contribution in [3.63, 3.8) is 0 Å². The number of urea groups is 1. The standard InChI is InChI=1S/C13H13F3N2O3/c14-13(15,16)7-17-12(21)18-6-9-4-2-1-3-8(9)5-10(18)11(19)20/h1-4,10H,5-7H2,(H,17,21)(H,19,20). The first-order chi connectivity index (χ1) is 9.78. The van der Waals surface area contributed by atoms with Crippen molar-refractivity contribution in [2.45, 2.75) is 25.2 Å². The van der Waals surface area contributed by atoms with Gasteiger partial charge in [-0.2, -0.15) is 13.2 Å². The molecule has 0 aliphatic carbocycles. The maximum atomic E-state index is 12.1. The molecule has 0 saturated carbocycles. The van der Waals surface area contributed by atoms with Crippen LogP contribution >= 0.6 is 0 Å². The Balaban J connectivity index is 2.17. The minimum Gasteiger partial charge on any atom is -0.480 e. The molecule has 1 unspecified atom stereocenters. The highest BCUT2D eigenvalue weighted by Gasteiger charge is 2.36. The van der Waals surface area contributed by atoms with Gasteiger partial charge in [0.2, 0.25) is 0 Å². The van der Waals surface area contributed by atoms with Gasteiger partial charge in [-0.1, -0.05) is 24.3 Å². The molecule has 0 spiro atoms. The third-order valence-electron chi connectivity index (χ3n) is 3.23. The van der Waals surface area contributed by atoms with Crippen LogP contribution in [0.4, 0.5) is 18.0 Å². The third kappa shape index (κ3) is 3.65. The number of hydrogen-bond donors (Lipinski definition) is 2. The van der Waals surface area contributed by atoms with E-state index in [1.807, 2.05) is 0 Å². The van der Waals surface area contributed by atoms with Crippen LogP contribution < -0.4 is 5.32 Å². The van der Waals surface area contributed by atoms with E-state index < -0.39 is 30.8 Å². The molecule has 0 aromatic heterocycles. The minimum absolute atomic E-state index is 0.0309. The predicted molar refractivity (Wildman–Crippen MR) is 66.6 cm³/mol. The first kappa shape index (κ1) is 15.1. The van der Waals surface area contributed by atoms with E-state index >= 15 is 0 Å². The Hall–Kier alpha value is -2.25. The van der Waals surface area contributed by atoms with E-state index in [1.54, 1.807) is 29.6 Å². The highest BCUT2D eigenvalue weighted by molar-refractivity contribution is 5.83. The van der Waals surface area contributed by atoms with Crippen molar-refractivity contribution in [2.24, 2.45) is 0 Å². The quantitative estimate of drug-likeness (QED) is 0.875. The van der Waals surface area contributed by atoms with Crippen molar-refractivity contribution in [3.05, 3.63) is 35.4 Å². The Morgan fingerprint density at radius 1 is 1.29 bits per heavy atom. The number of nitrogens with zero attached hydrogens (tertiary/aromatic N) is 1. The van der Waals surface area contributed by atoms with Crippen LogP contribution in [0.15, 0.2) is 24.3 Å². The molecular formula is C13H13F3N2O3. The van der Waals surface area contributed by atoms with Crippen LogP contribution in [0.5, 0.6) is 0 Å². The second-order valence-corrected chi connectivity index (χ2v) is 4.73. The average Bonchev–Trinajstić information content (AvgIpc) is 2.42. The summed E-state index contributed by atoms with van der Waals surface area (Å²) in [7, 11) is 0. The summed E-state index contributed by atoms with van der Waals surface area (Å²) in [6, 6.07) is 4.73. The molecule has 1 aromatic rings. The molecule has 0 radical (unpaired) electrons. The van der Waals surface area contributed by atoms with Crippen LogP contribution in [0, 0.1) is 0 Å². The molecule has 1 atom stereocenters. The summed E-state index contributed by atoms with van der Waals surface area (Å²) in [5, 5.41) is 10.9. The first-order valence-electron chi connectivity index (χ1n) is 6.19. The molecule has 114 valence electrons. The van der Waals surface area contributed by atoms with Gasteiger partial charge < -0.3 is 15.3 Å². The predicted octanol–water partition coefficient (Wildman–Crippen LogP) is 1.77. The Kier molecular flexibility index (Phi) is 4.06. The van der Waals surface area contributed by atoms with Crippen LogP contribution in [0.2, 0.25) is 0 Å². The van der Waals surface area contributed by atoms with Crippen LogP contribution in [0.1, 0.15) is 11.1 Å². The normalized spacial score (nSPS) is 18.0. The van der Waals surface area contributed by atoms with Crippen molar-refractivity contribution < 1.29 is 27.9 Å². The summed E-state index contributed by atoms with van der Waals surface area (Å²) in [6.45, 7) is -1.52. The van der Waals surface area contributed by atoms with Crippen molar-refractivity contribution in [3.8, 4) is 0 Å². The topological polar surface area (TPSA) is 69.6 Å². The summed E-state index contributed by atoms with van der Waals surface area (Å²) < 4.78 is 36.4. The van der Waals surface area contributed by atoms with Crippen molar-refractivity contribution in [2.75, 3.05) is 6.54 Å². The van der Waals surface area contributed by atoms with Gasteiger partial charge in [0.05, 0.1) is 0 Å². The molecule has 2 rings (SSSR count). The number of hydrogen-bond acceptors (Lipinski definition) is 2. The lowest BCUT2D eigenvalue weighted by Crippen LogP contribution is -2.53. The second kappa shape index (κ2) is 5.63. The molecule has 0 fully saturated rings. The molecule has 1 heterocycles. The summed E-state index contributed by atoms with van der Waals surface area (Å²) in [5.74, 6) is -1.24. The number of nitrogens with one attached hydrogen (secondary N) is 1. The molecule has 1 aliphatic heterocycles. The number of amides is 2. The number of carboxylic acid groups (broad SMARTS) is 1. The van der Waals surface area contributed by atoms with E-state index in [4.69, 9.17) is 5.11 Å². The number of carbonyl (C=O) groups is 2. The number of carboxylic acids is 1. The van der Waals surface area contributed by atoms with E-state index in [-0.39, 0.29) is 13.0 Å². The molecule has 21 heavy (non-hydrogen) atoms. The maximum absolute atomic E-state index is 12.1. The van der Waals surface area contributed by atoms with E-state index in [1.165, 1.54) is 0 Å². The number of alkyl halides is 3. The van der Waals surface area contributed by atoms with Crippen molar-refractivity contribution in [1.29, 1.82) is 0 Å². The van der Waals surface area contributed by atoms with Gasteiger partial charge in [0.15, 0.2) is 0 Å². The van der Waals surface area contributed by atoms with Gasteiger partial charge in [0.25, 0.3) is 0 Å². The molecule has 1 aliphatic rings. The molecule has 2 amide bonds. The maximum Gasteiger partial charge on any atom is 0.405 e.